The van der Waals surface area contributed by atoms with Crippen LogP contribution >= 0.6 is 24.8 Å². The van der Waals surface area contributed by atoms with Crippen molar-refractivity contribution in [2.45, 2.75) is 56.8 Å². The summed E-state index contributed by atoms with van der Waals surface area (Å²) in [6.07, 6.45) is 5.85. The third-order valence-electron chi connectivity index (χ3n) is 5.90. The molecule has 0 unspecified atom stereocenters. The van der Waals surface area contributed by atoms with E-state index in [1.165, 1.54) is 0 Å². The van der Waals surface area contributed by atoms with Crippen LogP contribution in [0, 0.1) is 0 Å². The van der Waals surface area contributed by atoms with E-state index in [2.05, 4.69) is 22.1 Å². The lowest BCUT2D eigenvalue weighted by molar-refractivity contribution is -0.0700. The Bertz CT molecular complexity index is 622. The number of ether oxygens (including phenoxy) is 1. The van der Waals surface area contributed by atoms with Gasteiger partial charge in [0, 0.05) is 31.7 Å². The van der Waals surface area contributed by atoms with E-state index in [9.17, 15) is 4.79 Å². The van der Waals surface area contributed by atoms with Gasteiger partial charge in [0.15, 0.2) is 5.69 Å². The number of nitrogens with zero attached hydrogens (tertiary/aromatic N) is 5. The average Bonchev–Trinajstić information content (AvgIpc) is 3.12. The first-order valence-corrected chi connectivity index (χ1v) is 9.42. The number of piperazine rings is 1. The van der Waals surface area contributed by atoms with E-state index < -0.39 is 0 Å². The van der Waals surface area contributed by atoms with E-state index in [1.807, 2.05) is 15.8 Å². The Kier molecular flexibility index (Phi) is 7.88. The van der Waals surface area contributed by atoms with Gasteiger partial charge in [-0.05, 0) is 32.6 Å². The molecule has 3 fully saturated rings. The Morgan fingerprint density at radius 1 is 1.15 bits per heavy atom. The summed E-state index contributed by atoms with van der Waals surface area (Å²) in [5.74, 6) is -0.0170. The monoisotopic (exact) mass is 420 g/mol. The molecule has 1 aromatic heterocycles. The number of halogens is 2. The van der Waals surface area contributed by atoms with Crippen LogP contribution in [0.2, 0.25) is 0 Å². The Balaban J connectivity index is 0.00000131. The quantitative estimate of drug-likeness (QED) is 0.770. The Hall–Kier alpha value is -0.930. The third kappa shape index (κ3) is 4.74. The molecule has 3 heterocycles. The molecule has 2 aliphatic heterocycles. The second kappa shape index (κ2) is 9.52. The van der Waals surface area contributed by atoms with Crippen LogP contribution in [0.3, 0.4) is 0 Å². The van der Waals surface area contributed by atoms with E-state index in [4.69, 9.17) is 10.5 Å². The van der Waals surface area contributed by atoms with E-state index in [-0.39, 0.29) is 36.8 Å². The van der Waals surface area contributed by atoms with Crippen molar-refractivity contribution in [1.82, 2.24) is 24.8 Å². The predicted octanol–water partition coefficient (Wildman–Crippen LogP) is 1.11. The van der Waals surface area contributed by atoms with Gasteiger partial charge in [-0.25, -0.2) is 4.68 Å². The number of hydrogen-bond donors (Lipinski definition) is 1. The highest BCUT2D eigenvalue weighted by Gasteiger charge is 2.36. The van der Waals surface area contributed by atoms with Crippen molar-refractivity contribution in [3.05, 3.63) is 11.9 Å². The number of aromatic nitrogens is 3. The van der Waals surface area contributed by atoms with Gasteiger partial charge in [-0.15, -0.1) is 29.9 Å². The van der Waals surface area contributed by atoms with Gasteiger partial charge in [-0.3, -0.25) is 9.69 Å². The topological polar surface area (TPSA) is 89.5 Å². The molecule has 3 aliphatic rings. The van der Waals surface area contributed by atoms with Crippen molar-refractivity contribution < 1.29 is 9.53 Å². The molecule has 1 saturated carbocycles. The minimum Gasteiger partial charge on any atom is -0.378 e. The van der Waals surface area contributed by atoms with Gasteiger partial charge in [0.05, 0.1) is 31.5 Å². The number of morpholine rings is 1. The molecule has 2 saturated heterocycles. The van der Waals surface area contributed by atoms with Crippen LogP contribution in [0.15, 0.2) is 6.20 Å². The fraction of sp³-hybridized carbons (Fsp3) is 0.824. The van der Waals surface area contributed by atoms with E-state index in [1.54, 1.807) is 0 Å². The van der Waals surface area contributed by atoms with Crippen LogP contribution in [0.25, 0.3) is 0 Å². The largest absolute Gasteiger partial charge is 0.378 e. The molecule has 8 nitrogen and oxygen atoms in total. The van der Waals surface area contributed by atoms with Gasteiger partial charge in [0.25, 0.3) is 5.91 Å². The maximum absolute atomic E-state index is 12.8. The van der Waals surface area contributed by atoms with Crippen LogP contribution in [0.5, 0.6) is 0 Å². The first-order chi connectivity index (χ1) is 12.1. The minimum absolute atomic E-state index is 0. The third-order valence-corrected chi connectivity index (χ3v) is 5.90. The zero-order valence-corrected chi connectivity index (χ0v) is 17.3. The summed E-state index contributed by atoms with van der Waals surface area (Å²) < 4.78 is 7.52. The number of nitrogens with two attached hydrogens (primary N) is 1. The van der Waals surface area contributed by atoms with E-state index >= 15 is 0 Å². The van der Waals surface area contributed by atoms with Gasteiger partial charge in [0.2, 0.25) is 0 Å². The molecule has 1 aromatic rings. The van der Waals surface area contributed by atoms with Gasteiger partial charge in [0.1, 0.15) is 0 Å². The lowest BCUT2D eigenvalue weighted by Gasteiger charge is -2.46. The second-order valence-electron chi connectivity index (χ2n) is 7.68. The second-order valence-corrected chi connectivity index (χ2v) is 7.68. The highest BCUT2D eigenvalue weighted by atomic mass is 35.5. The van der Waals surface area contributed by atoms with E-state index in [0.29, 0.717) is 37.0 Å². The average molecular weight is 421 g/mol. The molecule has 2 atom stereocenters. The standard InChI is InChI=1S/C17H28N6O2.2ClH/c1-12-10-25-11-15-8-21(6-7-22(12)15)17(24)16-9-23(20-19-16)14-4-2-13(18)3-5-14;;/h9,12-15H,2-8,10-11,18H2,1H3;2*1H/t12-,13?,14?,15+;;/m0../s1. The molecule has 2 N–H and O–H groups in total. The zero-order valence-electron chi connectivity index (χ0n) is 15.7. The first-order valence-electron chi connectivity index (χ1n) is 9.42. The molecule has 0 bridgehead atoms. The smallest absolute Gasteiger partial charge is 0.276 e. The molecule has 4 rings (SSSR count). The highest BCUT2D eigenvalue weighted by Crippen LogP contribution is 2.27. The summed E-state index contributed by atoms with van der Waals surface area (Å²) >= 11 is 0. The molecule has 1 aliphatic carbocycles. The normalized spacial score (nSPS) is 31.4. The summed E-state index contributed by atoms with van der Waals surface area (Å²) in [4.78, 5) is 17.2. The van der Waals surface area contributed by atoms with Crippen molar-refractivity contribution >= 4 is 30.7 Å². The van der Waals surface area contributed by atoms with Crippen molar-refractivity contribution in [3.63, 3.8) is 0 Å². The number of hydrogen-bond acceptors (Lipinski definition) is 6. The summed E-state index contributed by atoms with van der Waals surface area (Å²) in [6.45, 7) is 6.01. The minimum atomic E-state index is -0.0170. The maximum atomic E-state index is 12.8. The van der Waals surface area contributed by atoms with Gasteiger partial charge in [-0.1, -0.05) is 5.21 Å². The van der Waals surface area contributed by atoms with Crippen LogP contribution in [-0.4, -0.2) is 81.7 Å². The Morgan fingerprint density at radius 3 is 2.63 bits per heavy atom. The molecule has 0 aromatic carbocycles. The molecule has 154 valence electrons. The first kappa shape index (κ1) is 22.4. The number of fused-ring (bicyclic) bond motifs is 1. The fourth-order valence-corrected chi connectivity index (χ4v) is 4.33. The summed E-state index contributed by atoms with van der Waals surface area (Å²) in [7, 11) is 0. The summed E-state index contributed by atoms with van der Waals surface area (Å²) in [6, 6.07) is 1.33. The van der Waals surface area contributed by atoms with Crippen LogP contribution in [0.1, 0.15) is 49.1 Å². The fourth-order valence-electron chi connectivity index (χ4n) is 4.33. The predicted molar refractivity (Wildman–Crippen MR) is 107 cm³/mol. The van der Waals surface area contributed by atoms with Crippen LogP contribution in [0.4, 0.5) is 0 Å². The van der Waals surface area contributed by atoms with Crippen molar-refractivity contribution in [3.8, 4) is 0 Å². The molecule has 0 spiro atoms. The lowest BCUT2D eigenvalue weighted by Crippen LogP contribution is -2.62. The van der Waals surface area contributed by atoms with Crippen LogP contribution in [-0.2, 0) is 4.74 Å². The Morgan fingerprint density at radius 2 is 1.89 bits per heavy atom. The van der Waals surface area contributed by atoms with Crippen LogP contribution < -0.4 is 5.73 Å². The summed E-state index contributed by atoms with van der Waals surface area (Å²) in [5.41, 5.74) is 6.42. The molecular formula is C17H30Cl2N6O2. The molecule has 27 heavy (non-hydrogen) atoms. The molecule has 0 radical (unpaired) electrons. The summed E-state index contributed by atoms with van der Waals surface area (Å²) in [5, 5.41) is 8.37. The molecule has 10 heteroatoms. The van der Waals surface area contributed by atoms with Crippen molar-refractivity contribution in [2.75, 3.05) is 32.8 Å². The molecular weight excluding hydrogens is 391 g/mol. The Labute approximate surface area is 172 Å². The van der Waals surface area contributed by atoms with Crippen molar-refractivity contribution in [2.24, 2.45) is 5.73 Å². The van der Waals surface area contributed by atoms with Gasteiger partial charge < -0.3 is 15.4 Å². The number of rotatable bonds is 2. The number of amides is 1. The van der Waals surface area contributed by atoms with Gasteiger partial charge >= 0.3 is 0 Å². The SMILES string of the molecule is C[C@H]1COC[C@H]2CN(C(=O)c3cn(C4CCC(N)CC4)nn3)CCN21.Cl.Cl. The molecule has 1 amide bonds. The maximum Gasteiger partial charge on any atom is 0.276 e. The zero-order chi connectivity index (χ0) is 17.4. The van der Waals surface area contributed by atoms with E-state index in [0.717, 1.165) is 45.4 Å². The lowest BCUT2D eigenvalue weighted by atomic mass is 9.92. The number of carbonyl (C=O) groups is 1. The number of carbonyl (C=O) groups excluding carboxylic acids is 1. The highest BCUT2D eigenvalue weighted by molar-refractivity contribution is 5.92. The van der Waals surface area contributed by atoms with Crippen molar-refractivity contribution in [1.29, 1.82) is 0 Å². The van der Waals surface area contributed by atoms with Gasteiger partial charge in [-0.2, -0.15) is 0 Å².